The third-order valence-corrected chi connectivity index (χ3v) is 5.57. The van der Waals surface area contributed by atoms with Crippen molar-refractivity contribution < 1.29 is 9.53 Å². The Kier molecular flexibility index (Phi) is 2.63. The topological polar surface area (TPSA) is 43.1 Å². The second kappa shape index (κ2) is 4.92. The lowest BCUT2D eigenvalue weighted by Crippen LogP contribution is -2.17. The summed E-state index contributed by atoms with van der Waals surface area (Å²) in [5, 5.41) is 19.6. The number of hydrogen-bond acceptors (Lipinski definition) is 2. The van der Waals surface area contributed by atoms with Crippen LogP contribution in [0.3, 0.4) is 0 Å². The highest BCUT2D eigenvalue weighted by Crippen LogP contribution is 2.37. The van der Waals surface area contributed by atoms with Crippen LogP contribution in [0.5, 0.6) is 0 Å². The fourth-order valence-corrected chi connectivity index (χ4v) is 4.36. The molecule has 6 rings (SSSR count). The summed E-state index contributed by atoms with van der Waals surface area (Å²) in [6, 6.07) is 25.4. The molecule has 0 spiro atoms. The molecule has 0 unspecified atom stereocenters. The van der Waals surface area contributed by atoms with E-state index in [4.69, 9.17) is 0 Å². The molecular formula is C24H13NO2. The van der Waals surface area contributed by atoms with Crippen LogP contribution in [0.1, 0.15) is 15.9 Å². The van der Waals surface area contributed by atoms with Crippen molar-refractivity contribution in [3.05, 3.63) is 95.2 Å². The van der Waals surface area contributed by atoms with Gasteiger partial charge in [-0.2, -0.15) is 4.74 Å². The summed E-state index contributed by atoms with van der Waals surface area (Å²) >= 11 is 0. The highest BCUT2D eigenvalue weighted by Gasteiger charge is 2.37. The van der Waals surface area contributed by atoms with Crippen molar-refractivity contribution >= 4 is 49.5 Å². The molecule has 5 aromatic carbocycles. The highest BCUT2D eigenvalue weighted by atomic mass is 16.5. The SMILES string of the molecule is O=C1C(c2ccc3ccc4cccc5ccc2c3c45)=[N+]([O-])c2ccccc21. The monoisotopic (exact) mass is 347 g/mol. The van der Waals surface area contributed by atoms with Crippen molar-refractivity contribution in [3.63, 3.8) is 0 Å². The van der Waals surface area contributed by atoms with Crippen molar-refractivity contribution in [2.45, 2.75) is 0 Å². The van der Waals surface area contributed by atoms with Crippen LogP contribution in [0.2, 0.25) is 0 Å². The lowest BCUT2D eigenvalue weighted by Gasteiger charge is -2.13. The summed E-state index contributed by atoms with van der Waals surface area (Å²) in [6.45, 7) is 0. The maximum Gasteiger partial charge on any atom is 0.273 e. The minimum atomic E-state index is -0.212. The number of carbonyl (C=O) groups is 1. The van der Waals surface area contributed by atoms with E-state index in [0.29, 0.717) is 16.8 Å². The van der Waals surface area contributed by atoms with Crippen molar-refractivity contribution in [2.24, 2.45) is 0 Å². The average Bonchev–Trinajstić information content (AvgIpc) is 2.97. The number of hydrogen-bond donors (Lipinski definition) is 0. The summed E-state index contributed by atoms with van der Waals surface area (Å²) < 4.78 is 0.782. The molecule has 5 aromatic rings. The molecule has 3 nitrogen and oxygen atoms in total. The van der Waals surface area contributed by atoms with Crippen LogP contribution in [0.15, 0.2) is 78.9 Å². The fraction of sp³-hybridized carbons (Fsp3) is 0. The molecule has 0 saturated heterocycles. The first-order valence-corrected chi connectivity index (χ1v) is 8.89. The van der Waals surface area contributed by atoms with E-state index in [1.54, 1.807) is 24.3 Å². The number of ketones is 1. The van der Waals surface area contributed by atoms with E-state index in [0.717, 1.165) is 31.7 Å². The zero-order valence-corrected chi connectivity index (χ0v) is 14.3. The van der Waals surface area contributed by atoms with E-state index in [-0.39, 0.29) is 11.5 Å². The number of fused-ring (bicyclic) bond motifs is 1. The van der Waals surface area contributed by atoms with Crippen LogP contribution in [0.25, 0.3) is 32.3 Å². The standard InChI is InChI=1S/C24H13NO2/c26-24-19-6-1-2-7-20(19)25(27)23(24)18-13-11-16-9-8-14-4-3-5-15-10-12-17(18)22(16)21(14)15/h1-13H. The third-order valence-electron chi connectivity index (χ3n) is 5.57. The summed E-state index contributed by atoms with van der Waals surface area (Å²) in [7, 11) is 0. The number of carbonyl (C=O) groups excluding carboxylic acids is 1. The maximum absolute atomic E-state index is 13.0. The Morgan fingerprint density at radius 2 is 1.30 bits per heavy atom. The second-order valence-corrected chi connectivity index (χ2v) is 6.96. The minimum absolute atomic E-state index is 0.203. The smallest absolute Gasteiger partial charge is 0.273 e. The molecule has 3 heteroatoms. The molecule has 0 atom stereocenters. The minimum Gasteiger partial charge on any atom is -0.618 e. The summed E-state index contributed by atoms with van der Waals surface area (Å²) in [6.07, 6.45) is 0. The van der Waals surface area contributed by atoms with Crippen molar-refractivity contribution in [2.75, 3.05) is 0 Å². The first kappa shape index (κ1) is 14.4. The van der Waals surface area contributed by atoms with Crippen LogP contribution in [0.4, 0.5) is 5.69 Å². The van der Waals surface area contributed by atoms with Gasteiger partial charge in [-0.15, -0.1) is 0 Å². The molecule has 1 aliphatic rings. The van der Waals surface area contributed by atoms with E-state index in [2.05, 4.69) is 30.3 Å². The van der Waals surface area contributed by atoms with Gasteiger partial charge < -0.3 is 5.21 Å². The van der Waals surface area contributed by atoms with Crippen LogP contribution < -0.4 is 0 Å². The van der Waals surface area contributed by atoms with E-state index < -0.39 is 0 Å². The number of nitrogens with zero attached hydrogens (tertiary/aromatic N) is 1. The molecule has 0 N–H and O–H groups in total. The Morgan fingerprint density at radius 3 is 2.07 bits per heavy atom. The Labute approximate surface area is 154 Å². The molecule has 0 aliphatic carbocycles. The molecule has 0 radical (unpaired) electrons. The largest absolute Gasteiger partial charge is 0.618 e. The molecule has 0 saturated carbocycles. The molecule has 0 aromatic heterocycles. The predicted molar refractivity (Wildman–Crippen MR) is 108 cm³/mol. The molecule has 0 amide bonds. The zero-order valence-electron chi connectivity index (χ0n) is 14.3. The quantitative estimate of drug-likeness (QED) is 0.231. The molecule has 0 bridgehead atoms. The normalized spacial score (nSPS) is 14.0. The molecular weight excluding hydrogens is 334 g/mol. The van der Waals surface area contributed by atoms with Gasteiger partial charge in [0.2, 0.25) is 5.69 Å². The Hall–Kier alpha value is -3.72. The molecule has 1 heterocycles. The lowest BCUT2D eigenvalue weighted by molar-refractivity contribution is -0.355. The predicted octanol–water partition coefficient (Wildman–Crippen LogP) is 5.41. The highest BCUT2D eigenvalue weighted by molar-refractivity contribution is 6.54. The van der Waals surface area contributed by atoms with Gasteiger partial charge in [0.25, 0.3) is 11.5 Å². The van der Waals surface area contributed by atoms with Gasteiger partial charge >= 0.3 is 0 Å². The third kappa shape index (κ3) is 1.75. The van der Waals surface area contributed by atoms with Crippen molar-refractivity contribution in [1.29, 1.82) is 0 Å². The molecule has 27 heavy (non-hydrogen) atoms. The Morgan fingerprint density at radius 1 is 0.630 bits per heavy atom. The van der Waals surface area contributed by atoms with E-state index in [9.17, 15) is 10.0 Å². The van der Waals surface area contributed by atoms with Gasteiger partial charge in [-0.25, -0.2) is 0 Å². The van der Waals surface area contributed by atoms with Gasteiger partial charge in [0.05, 0.1) is 5.56 Å². The van der Waals surface area contributed by atoms with E-state index >= 15 is 0 Å². The first-order valence-electron chi connectivity index (χ1n) is 8.89. The zero-order chi connectivity index (χ0) is 18.1. The van der Waals surface area contributed by atoms with Gasteiger partial charge in [0.15, 0.2) is 0 Å². The van der Waals surface area contributed by atoms with Crippen molar-refractivity contribution in [1.82, 2.24) is 0 Å². The van der Waals surface area contributed by atoms with Gasteiger partial charge in [0.1, 0.15) is 5.56 Å². The first-order chi connectivity index (χ1) is 13.2. The van der Waals surface area contributed by atoms with E-state index in [1.807, 2.05) is 24.3 Å². The molecule has 1 aliphatic heterocycles. The summed E-state index contributed by atoms with van der Waals surface area (Å²) in [5.74, 6) is -0.212. The van der Waals surface area contributed by atoms with Gasteiger partial charge in [0, 0.05) is 6.07 Å². The van der Waals surface area contributed by atoms with Crippen molar-refractivity contribution in [3.8, 4) is 0 Å². The lowest BCUT2D eigenvalue weighted by atomic mass is 9.90. The number of benzene rings is 5. The summed E-state index contributed by atoms with van der Waals surface area (Å²) in [4.78, 5) is 13.0. The van der Waals surface area contributed by atoms with Crippen LogP contribution >= 0.6 is 0 Å². The number of Topliss-reactive ketones (excluding diaryl/α,β-unsaturated/α-hetero) is 1. The van der Waals surface area contributed by atoms with Gasteiger partial charge in [-0.1, -0.05) is 60.7 Å². The molecule has 0 fully saturated rings. The Bertz CT molecular complexity index is 1430. The van der Waals surface area contributed by atoms with Crippen LogP contribution in [-0.4, -0.2) is 16.2 Å². The number of rotatable bonds is 1. The Balaban J connectivity index is 1.75. The molecule has 126 valence electrons. The van der Waals surface area contributed by atoms with Crippen LogP contribution in [-0.2, 0) is 0 Å². The fourth-order valence-electron chi connectivity index (χ4n) is 4.36. The van der Waals surface area contributed by atoms with Gasteiger partial charge in [-0.3, -0.25) is 4.79 Å². The summed E-state index contributed by atoms with van der Waals surface area (Å²) in [5.41, 5.74) is 1.78. The van der Waals surface area contributed by atoms with Gasteiger partial charge in [-0.05, 0) is 44.5 Å². The second-order valence-electron chi connectivity index (χ2n) is 6.96. The number of para-hydroxylation sites is 1. The van der Waals surface area contributed by atoms with Crippen LogP contribution in [0, 0.1) is 5.21 Å². The average molecular weight is 347 g/mol. The van der Waals surface area contributed by atoms with E-state index in [1.165, 1.54) is 5.39 Å². The maximum atomic E-state index is 13.0.